The summed E-state index contributed by atoms with van der Waals surface area (Å²) in [5.41, 5.74) is 6.06. The molecule has 3 aromatic rings. The van der Waals surface area contributed by atoms with E-state index in [0.29, 0.717) is 17.2 Å². The SMILES string of the molecule is CCN(CC)c1ccc(/C=C(/NC(=O)c2ccccc2Cl)C(=O)N/N=C(C)/C=C/c2ccc3c(c2)OCO3)cc1. The Bertz CT molecular complexity index is 1460. The van der Waals surface area contributed by atoms with Gasteiger partial charge in [0.15, 0.2) is 11.5 Å². The number of rotatable bonds is 10. The fourth-order valence-corrected chi connectivity index (χ4v) is 4.22. The number of carbonyl (C=O) groups is 2. The molecule has 9 heteroatoms. The summed E-state index contributed by atoms with van der Waals surface area (Å²) in [6.07, 6.45) is 5.21. The van der Waals surface area contributed by atoms with Crippen molar-refractivity contribution in [2.24, 2.45) is 5.10 Å². The molecule has 3 aromatic carbocycles. The number of fused-ring (bicyclic) bond motifs is 1. The predicted molar refractivity (Wildman–Crippen MR) is 160 cm³/mol. The minimum absolute atomic E-state index is 0.0248. The normalized spacial score (nSPS) is 12.9. The molecule has 1 aliphatic heterocycles. The lowest BCUT2D eigenvalue weighted by Crippen LogP contribution is -2.33. The second-order valence-corrected chi connectivity index (χ2v) is 9.30. The van der Waals surface area contributed by atoms with Crippen LogP contribution in [0.25, 0.3) is 12.2 Å². The molecule has 8 nitrogen and oxygen atoms in total. The van der Waals surface area contributed by atoms with Crippen molar-refractivity contribution < 1.29 is 19.1 Å². The van der Waals surface area contributed by atoms with Crippen molar-refractivity contribution in [2.75, 3.05) is 24.8 Å². The number of hydrogen-bond donors (Lipinski definition) is 2. The van der Waals surface area contributed by atoms with Crippen molar-refractivity contribution in [3.63, 3.8) is 0 Å². The molecule has 0 aromatic heterocycles. The maximum Gasteiger partial charge on any atom is 0.287 e. The Kier molecular flexibility index (Phi) is 9.59. The van der Waals surface area contributed by atoms with E-state index in [4.69, 9.17) is 21.1 Å². The standard InChI is InChI=1S/C31H31ClN4O4/c1-4-36(5-2)24-15-12-22(13-16-24)18-27(33-30(37)25-8-6-7-9-26(25)32)31(38)35-34-21(3)10-11-23-14-17-28-29(19-23)40-20-39-28/h6-19H,4-5,20H2,1-3H3,(H,33,37)(H,35,38)/b11-10+,27-18+,34-21+. The molecule has 0 saturated heterocycles. The molecule has 0 radical (unpaired) electrons. The number of nitrogens with one attached hydrogen (secondary N) is 2. The van der Waals surface area contributed by atoms with Crippen LogP contribution in [0.5, 0.6) is 11.5 Å². The maximum absolute atomic E-state index is 13.2. The zero-order chi connectivity index (χ0) is 28.5. The van der Waals surface area contributed by atoms with Gasteiger partial charge in [-0.05, 0) is 80.4 Å². The van der Waals surface area contributed by atoms with Crippen LogP contribution >= 0.6 is 11.6 Å². The van der Waals surface area contributed by atoms with E-state index >= 15 is 0 Å². The molecule has 0 spiro atoms. The Morgan fingerprint density at radius 2 is 1.68 bits per heavy atom. The van der Waals surface area contributed by atoms with Gasteiger partial charge in [0.05, 0.1) is 16.3 Å². The molecule has 0 unspecified atom stereocenters. The van der Waals surface area contributed by atoms with Gasteiger partial charge >= 0.3 is 0 Å². The van der Waals surface area contributed by atoms with Crippen LogP contribution in [0.3, 0.4) is 0 Å². The van der Waals surface area contributed by atoms with E-state index in [0.717, 1.165) is 29.9 Å². The number of hydrogen-bond acceptors (Lipinski definition) is 6. The van der Waals surface area contributed by atoms with E-state index in [2.05, 4.69) is 34.6 Å². The Labute approximate surface area is 238 Å². The highest BCUT2D eigenvalue weighted by molar-refractivity contribution is 6.34. The summed E-state index contributed by atoms with van der Waals surface area (Å²) in [6, 6.07) is 20.0. The molecule has 0 bridgehead atoms. The summed E-state index contributed by atoms with van der Waals surface area (Å²) >= 11 is 6.21. The van der Waals surface area contributed by atoms with E-state index in [-0.39, 0.29) is 23.1 Å². The monoisotopic (exact) mass is 558 g/mol. The van der Waals surface area contributed by atoms with Crippen molar-refractivity contribution in [3.8, 4) is 11.5 Å². The van der Waals surface area contributed by atoms with Crippen LogP contribution in [-0.4, -0.2) is 37.4 Å². The Hall–Kier alpha value is -4.56. The van der Waals surface area contributed by atoms with Crippen molar-refractivity contribution in [1.29, 1.82) is 0 Å². The molecule has 2 N–H and O–H groups in total. The number of nitrogens with zero attached hydrogens (tertiary/aromatic N) is 2. The van der Waals surface area contributed by atoms with Crippen molar-refractivity contribution in [3.05, 3.63) is 100 Å². The first-order valence-electron chi connectivity index (χ1n) is 12.9. The van der Waals surface area contributed by atoms with Gasteiger partial charge in [0.1, 0.15) is 5.70 Å². The molecule has 1 heterocycles. The van der Waals surface area contributed by atoms with Crippen molar-refractivity contribution in [2.45, 2.75) is 20.8 Å². The molecule has 206 valence electrons. The second-order valence-electron chi connectivity index (χ2n) is 8.90. The average molecular weight is 559 g/mol. The zero-order valence-corrected chi connectivity index (χ0v) is 23.4. The van der Waals surface area contributed by atoms with Crippen LogP contribution < -0.4 is 25.1 Å². The predicted octanol–water partition coefficient (Wildman–Crippen LogP) is 5.89. The van der Waals surface area contributed by atoms with Gasteiger partial charge in [-0.3, -0.25) is 9.59 Å². The number of allylic oxidation sites excluding steroid dienone is 1. The van der Waals surface area contributed by atoms with Gasteiger partial charge in [-0.25, -0.2) is 5.43 Å². The lowest BCUT2D eigenvalue weighted by molar-refractivity contribution is -0.117. The summed E-state index contributed by atoms with van der Waals surface area (Å²) < 4.78 is 10.7. The van der Waals surface area contributed by atoms with Gasteiger partial charge in [0.2, 0.25) is 6.79 Å². The third kappa shape index (κ3) is 7.30. The van der Waals surface area contributed by atoms with E-state index < -0.39 is 11.8 Å². The van der Waals surface area contributed by atoms with Gasteiger partial charge in [-0.15, -0.1) is 0 Å². The van der Waals surface area contributed by atoms with Crippen LogP contribution in [0, 0.1) is 0 Å². The van der Waals surface area contributed by atoms with Crippen molar-refractivity contribution in [1.82, 2.24) is 10.7 Å². The highest BCUT2D eigenvalue weighted by Gasteiger charge is 2.17. The number of anilines is 1. The molecular formula is C31H31ClN4O4. The average Bonchev–Trinajstić information content (AvgIpc) is 3.44. The first-order valence-corrected chi connectivity index (χ1v) is 13.3. The third-order valence-corrected chi connectivity index (χ3v) is 6.52. The second kappa shape index (κ2) is 13.5. The number of carbonyl (C=O) groups excluding carboxylic acids is 2. The Morgan fingerprint density at radius 3 is 2.40 bits per heavy atom. The molecule has 4 rings (SSSR count). The van der Waals surface area contributed by atoms with Gasteiger partial charge in [-0.2, -0.15) is 5.10 Å². The lowest BCUT2D eigenvalue weighted by Gasteiger charge is -2.21. The minimum Gasteiger partial charge on any atom is -0.454 e. The number of hydrazone groups is 1. The quantitative estimate of drug-likeness (QED) is 0.184. The van der Waals surface area contributed by atoms with Gasteiger partial charge in [0.25, 0.3) is 11.8 Å². The highest BCUT2D eigenvalue weighted by atomic mass is 35.5. The summed E-state index contributed by atoms with van der Waals surface area (Å²) in [6.45, 7) is 7.91. The molecular weight excluding hydrogens is 528 g/mol. The zero-order valence-electron chi connectivity index (χ0n) is 22.6. The molecule has 0 aliphatic carbocycles. The number of ether oxygens (including phenoxy) is 2. The van der Waals surface area contributed by atoms with E-state index in [1.165, 1.54) is 0 Å². The fourth-order valence-electron chi connectivity index (χ4n) is 4.00. The van der Waals surface area contributed by atoms with Crippen LogP contribution in [-0.2, 0) is 4.79 Å². The molecule has 0 atom stereocenters. The van der Waals surface area contributed by atoms with Crippen LogP contribution in [0.2, 0.25) is 5.02 Å². The smallest absolute Gasteiger partial charge is 0.287 e. The largest absolute Gasteiger partial charge is 0.454 e. The minimum atomic E-state index is -0.580. The highest BCUT2D eigenvalue weighted by Crippen LogP contribution is 2.32. The molecule has 1 aliphatic rings. The molecule has 0 fully saturated rings. The fraction of sp³-hybridized carbons (Fsp3) is 0.194. The summed E-state index contributed by atoms with van der Waals surface area (Å²) in [5, 5.41) is 7.15. The molecule has 2 amide bonds. The van der Waals surface area contributed by atoms with E-state index in [1.54, 1.807) is 43.3 Å². The Morgan fingerprint density at radius 1 is 0.975 bits per heavy atom. The first kappa shape index (κ1) is 28.4. The first-order chi connectivity index (χ1) is 19.4. The summed E-state index contributed by atoms with van der Waals surface area (Å²) in [7, 11) is 0. The molecule has 40 heavy (non-hydrogen) atoms. The summed E-state index contributed by atoms with van der Waals surface area (Å²) in [4.78, 5) is 28.4. The molecule has 0 saturated carbocycles. The number of benzene rings is 3. The number of amides is 2. The van der Waals surface area contributed by atoms with Gasteiger partial charge in [0, 0.05) is 18.8 Å². The number of halogens is 1. The van der Waals surface area contributed by atoms with Crippen LogP contribution in [0.4, 0.5) is 5.69 Å². The lowest BCUT2D eigenvalue weighted by atomic mass is 10.1. The van der Waals surface area contributed by atoms with E-state index in [9.17, 15) is 9.59 Å². The Balaban J connectivity index is 1.52. The van der Waals surface area contributed by atoms with Crippen molar-refractivity contribution >= 4 is 47.0 Å². The van der Waals surface area contributed by atoms with Crippen LogP contribution in [0.15, 0.2) is 83.6 Å². The van der Waals surface area contributed by atoms with E-state index in [1.807, 2.05) is 48.5 Å². The van der Waals surface area contributed by atoms with Crippen LogP contribution in [0.1, 0.15) is 42.3 Å². The van der Waals surface area contributed by atoms with Gasteiger partial charge < -0.3 is 19.7 Å². The summed E-state index contributed by atoms with van der Waals surface area (Å²) in [5.74, 6) is 0.300. The third-order valence-electron chi connectivity index (χ3n) is 6.19. The maximum atomic E-state index is 13.2. The van der Waals surface area contributed by atoms with Gasteiger partial charge in [-0.1, -0.05) is 48.0 Å². The topological polar surface area (TPSA) is 92.3 Å².